The Kier molecular flexibility index (Phi) is 9.56. The standard InChI is InChI=1S/C30H39FN4O4/c1-19-18-39-26-9-5-4-7-22(26)8-6-16-32-29(37)25(17-21-10-14-24(31)15-11-21)34-28(36)20(2)35(3)30(38)27(33-19)23-12-13-23/h4-5,7,9-11,14-15,19-20,23,25,27,33H,6,8,12-13,16-18H2,1-3H3,(H,32,37)(H,34,36)/t19?,20-,25-,27+/m1/s1. The van der Waals surface area contributed by atoms with Crippen molar-refractivity contribution in [2.45, 2.75) is 70.1 Å². The van der Waals surface area contributed by atoms with Crippen LogP contribution in [0.2, 0.25) is 0 Å². The van der Waals surface area contributed by atoms with Gasteiger partial charge in [-0.05, 0) is 74.8 Å². The SMILES string of the molecule is CC1COc2ccccc2CCCNC(=O)[C@@H](Cc2ccc(F)cc2)NC(=O)[C@@H](C)N(C)C(=O)[C@H](C2CC2)N1. The average molecular weight is 539 g/mol. The quantitative estimate of drug-likeness (QED) is 0.558. The number of nitrogens with one attached hydrogen (secondary N) is 3. The Morgan fingerprint density at radius 2 is 1.72 bits per heavy atom. The number of nitrogens with zero attached hydrogens (tertiary/aromatic N) is 1. The normalized spacial score (nSPS) is 25.9. The second kappa shape index (κ2) is 13.1. The van der Waals surface area contributed by atoms with E-state index in [2.05, 4.69) is 16.0 Å². The highest BCUT2D eigenvalue weighted by Gasteiger charge is 2.40. The molecule has 1 aliphatic carbocycles. The van der Waals surface area contributed by atoms with E-state index >= 15 is 0 Å². The van der Waals surface area contributed by atoms with Crippen molar-refractivity contribution < 1.29 is 23.5 Å². The highest BCUT2D eigenvalue weighted by molar-refractivity contribution is 5.93. The van der Waals surface area contributed by atoms with Crippen molar-refractivity contribution in [3.8, 4) is 5.75 Å². The zero-order chi connectivity index (χ0) is 27.9. The number of halogens is 1. The minimum Gasteiger partial charge on any atom is -0.492 e. The number of amides is 3. The van der Waals surface area contributed by atoms with Crippen molar-refractivity contribution in [3.05, 3.63) is 65.5 Å². The summed E-state index contributed by atoms with van der Waals surface area (Å²) in [6.07, 6.45) is 3.50. The molecule has 0 bridgehead atoms. The molecular formula is C30H39FN4O4. The van der Waals surface area contributed by atoms with Crippen molar-refractivity contribution in [2.24, 2.45) is 5.92 Å². The molecule has 39 heavy (non-hydrogen) atoms. The number of benzene rings is 2. The molecule has 1 saturated carbocycles. The lowest BCUT2D eigenvalue weighted by Gasteiger charge is -2.31. The highest BCUT2D eigenvalue weighted by atomic mass is 19.1. The molecule has 1 unspecified atom stereocenters. The van der Waals surface area contributed by atoms with Crippen LogP contribution in [0.15, 0.2) is 48.5 Å². The molecule has 3 amide bonds. The molecule has 0 radical (unpaired) electrons. The molecule has 9 heteroatoms. The van der Waals surface area contributed by atoms with Crippen LogP contribution in [0.1, 0.15) is 44.2 Å². The van der Waals surface area contributed by atoms with Crippen molar-refractivity contribution in [2.75, 3.05) is 20.2 Å². The number of likely N-dealkylation sites (N-methyl/N-ethyl adjacent to an activating group) is 1. The van der Waals surface area contributed by atoms with Crippen LogP contribution in [0.25, 0.3) is 0 Å². The fraction of sp³-hybridized carbons (Fsp3) is 0.500. The predicted octanol–water partition coefficient (Wildman–Crippen LogP) is 2.60. The number of carbonyl (C=O) groups excluding carboxylic acids is 3. The number of rotatable bonds is 3. The summed E-state index contributed by atoms with van der Waals surface area (Å²) in [6, 6.07) is 11.5. The van der Waals surface area contributed by atoms with E-state index in [9.17, 15) is 18.8 Å². The van der Waals surface area contributed by atoms with Crippen molar-refractivity contribution in [3.63, 3.8) is 0 Å². The summed E-state index contributed by atoms with van der Waals surface area (Å²) in [7, 11) is 1.62. The zero-order valence-corrected chi connectivity index (χ0v) is 22.9. The monoisotopic (exact) mass is 538 g/mol. The largest absolute Gasteiger partial charge is 0.492 e. The van der Waals surface area contributed by atoms with Gasteiger partial charge in [-0.3, -0.25) is 19.7 Å². The van der Waals surface area contributed by atoms with E-state index < -0.39 is 24.0 Å². The van der Waals surface area contributed by atoms with Crippen molar-refractivity contribution >= 4 is 17.7 Å². The van der Waals surface area contributed by atoms with Crippen LogP contribution in [0.4, 0.5) is 4.39 Å². The van der Waals surface area contributed by atoms with Gasteiger partial charge in [0.2, 0.25) is 17.7 Å². The first-order chi connectivity index (χ1) is 18.7. The van der Waals surface area contributed by atoms with Gasteiger partial charge in [-0.1, -0.05) is 30.3 Å². The summed E-state index contributed by atoms with van der Waals surface area (Å²) in [6.45, 7) is 4.47. The van der Waals surface area contributed by atoms with E-state index in [1.54, 1.807) is 26.1 Å². The van der Waals surface area contributed by atoms with Gasteiger partial charge in [-0.25, -0.2) is 4.39 Å². The fourth-order valence-corrected chi connectivity index (χ4v) is 4.82. The lowest BCUT2D eigenvalue weighted by atomic mass is 10.0. The minimum atomic E-state index is -0.874. The number of hydrogen-bond donors (Lipinski definition) is 3. The molecule has 1 aliphatic heterocycles. The minimum absolute atomic E-state index is 0.0802. The highest BCUT2D eigenvalue weighted by Crippen LogP contribution is 2.34. The molecule has 4 atom stereocenters. The van der Waals surface area contributed by atoms with Crippen LogP contribution in [0.3, 0.4) is 0 Å². The Balaban J connectivity index is 1.56. The third-order valence-electron chi connectivity index (χ3n) is 7.50. The van der Waals surface area contributed by atoms with Crippen molar-refractivity contribution in [1.82, 2.24) is 20.9 Å². The van der Waals surface area contributed by atoms with Gasteiger partial charge in [-0.2, -0.15) is 0 Å². The molecule has 1 fully saturated rings. The van der Waals surface area contributed by atoms with E-state index in [4.69, 9.17) is 4.74 Å². The Labute approximate surface area is 229 Å². The Bertz CT molecular complexity index is 1150. The summed E-state index contributed by atoms with van der Waals surface area (Å²) >= 11 is 0. The molecule has 3 N–H and O–H groups in total. The summed E-state index contributed by atoms with van der Waals surface area (Å²) in [5.41, 5.74) is 1.76. The van der Waals surface area contributed by atoms with Crippen LogP contribution in [-0.4, -0.2) is 67.0 Å². The topological polar surface area (TPSA) is 99.8 Å². The van der Waals surface area contributed by atoms with Crippen LogP contribution in [-0.2, 0) is 27.2 Å². The van der Waals surface area contributed by atoms with E-state index in [0.29, 0.717) is 31.6 Å². The van der Waals surface area contributed by atoms with Gasteiger partial charge in [0.15, 0.2) is 0 Å². The third kappa shape index (κ3) is 7.79. The second-order valence-corrected chi connectivity index (χ2v) is 10.7. The van der Waals surface area contributed by atoms with Crippen LogP contribution >= 0.6 is 0 Å². The molecule has 0 saturated heterocycles. The number of hydrogen-bond acceptors (Lipinski definition) is 5. The molecule has 2 aliphatic rings. The number of fused-ring (bicyclic) bond motifs is 1. The van der Waals surface area contributed by atoms with E-state index in [-0.39, 0.29) is 36.0 Å². The van der Waals surface area contributed by atoms with Gasteiger partial charge >= 0.3 is 0 Å². The Morgan fingerprint density at radius 1 is 1.00 bits per heavy atom. The summed E-state index contributed by atoms with van der Waals surface area (Å²) in [5.74, 6) is -0.274. The number of aryl methyl sites for hydroxylation is 1. The van der Waals surface area contributed by atoms with Gasteiger partial charge in [-0.15, -0.1) is 0 Å². The van der Waals surface area contributed by atoms with Crippen LogP contribution in [0, 0.1) is 11.7 Å². The average Bonchev–Trinajstić information content (AvgIpc) is 3.78. The van der Waals surface area contributed by atoms with E-state index in [0.717, 1.165) is 24.2 Å². The number of para-hydroxylation sites is 1. The number of carbonyl (C=O) groups is 3. The predicted molar refractivity (Wildman–Crippen MR) is 147 cm³/mol. The summed E-state index contributed by atoms with van der Waals surface area (Å²) < 4.78 is 19.6. The van der Waals surface area contributed by atoms with Crippen LogP contribution < -0.4 is 20.7 Å². The number of ether oxygens (including phenoxy) is 1. The van der Waals surface area contributed by atoms with Crippen molar-refractivity contribution in [1.29, 1.82) is 0 Å². The first kappa shape index (κ1) is 28.5. The maximum atomic E-state index is 13.5. The van der Waals surface area contributed by atoms with Crippen LogP contribution in [0.5, 0.6) is 5.75 Å². The molecule has 0 aromatic heterocycles. The van der Waals surface area contributed by atoms with Gasteiger partial charge in [0.05, 0.1) is 6.04 Å². The third-order valence-corrected chi connectivity index (χ3v) is 7.50. The molecule has 2 aromatic rings. The molecule has 4 rings (SSSR count). The lowest BCUT2D eigenvalue weighted by Crippen LogP contribution is -2.57. The summed E-state index contributed by atoms with van der Waals surface area (Å²) in [5, 5.41) is 9.21. The maximum absolute atomic E-state index is 13.5. The van der Waals surface area contributed by atoms with E-state index in [1.807, 2.05) is 31.2 Å². The first-order valence-corrected chi connectivity index (χ1v) is 13.8. The maximum Gasteiger partial charge on any atom is 0.243 e. The van der Waals surface area contributed by atoms with Gasteiger partial charge in [0.25, 0.3) is 0 Å². The zero-order valence-electron chi connectivity index (χ0n) is 22.9. The molecular weight excluding hydrogens is 499 g/mol. The summed E-state index contributed by atoms with van der Waals surface area (Å²) in [4.78, 5) is 41.4. The van der Waals surface area contributed by atoms with Gasteiger partial charge in [0.1, 0.15) is 30.3 Å². The lowest BCUT2D eigenvalue weighted by molar-refractivity contribution is -0.141. The molecule has 2 aromatic carbocycles. The Morgan fingerprint density at radius 3 is 2.44 bits per heavy atom. The molecule has 210 valence electrons. The Hall–Kier alpha value is -3.46. The van der Waals surface area contributed by atoms with Gasteiger partial charge in [0, 0.05) is 26.1 Å². The van der Waals surface area contributed by atoms with E-state index in [1.165, 1.54) is 17.0 Å². The first-order valence-electron chi connectivity index (χ1n) is 13.8. The molecule has 8 nitrogen and oxygen atoms in total. The molecule has 1 heterocycles. The molecule has 0 spiro atoms. The smallest absolute Gasteiger partial charge is 0.243 e. The van der Waals surface area contributed by atoms with Gasteiger partial charge < -0.3 is 20.3 Å². The fourth-order valence-electron chi connectivity index (χ4n) is 4.82. The second-order valence-electron chi connectivity index (χ2n) is 10.7.